The molecular weight excluding hydrogens is 531 g/mol. The van der Waals surface area contributed by atoms with E-state index in [-0.39, 0.29) is 29.0 Å². The number of rotatable bonds is 9. The van der Waals surface area contributed by atoms with Crippen LogP contribution in [-0.4, -0.2) is 38.1 Å². The maximum Gasteiger partial charge on any atom is 0.231 e. The molecule has 2 atom stereocenters. The Morgan fingerprint density at radius 2 is 2.00 bits per heavy atom. The number of nitrogens with zero attached hydrogens (tertiary/aromatic N) is 7. The molecule has 42 heavy (non-hydrogen) atoms. The minimum Gasteiger partial charge on any atom is -0.353 e. The Morgan fingerprint density at radius 1 is 1.26 bits per heavy atom. The van der Waals surface area contributed by atoms with Crippen molar-refractivity contribution in [1.29, 1.82) is 5.26 Å². The van der Waals surface area contributed by atoms with Gasteiger partial charge >= 0.3 is 0 Å². The van der Waals surface area contributed by atoms with Gasteiger partial charge in [-0.25, -0.2) is 4.39 Å². The fourth-order valence-electron chi connectivity index (χ4n) is 4.72. The Morgan fingerprint density at radius 3 is 2.64 bits per heavy atom. The van der Waals surface area contributed by atoms with E-state index in [1.165, 1.54) is 6.20 Å². The largest absolute Gasteiger partial charge is 0.353 e. The molecule has 0 saturated carbocycles. The highest BCUT2D eigenvalue weighted by molar-refractivity contribution is 6.02. The molecular formula is C32H35FN8O. The minimum atomic E-state index is -0.430. The summed E-state index contributed by atoms with van der Waals surface area (Å²) in [6.07, 6.45) is 5.85. The summed E-state index contributed by atoms with van der Waals surface area (Å²) in [7, 11) is 0. The van der Waals surface area contributed by atoms with Crippen LogP contribution in [0, 0.1) is 36.9 Å². The van der Waals surface area contributed by atoms with E-state index in [1.54, 1.807) is 48.7 Å². The normalized spacial score (nSPS) is 16.4. The van der Waals surface area contributed by atoms with E-state index in [4.69, 9.17) is 0 Å². The van der Waals surface area contributed by atoms with E-state index in [1.807, 2.05) is 39.1 Å². The van der Waals surface area contributed by atoms with Gasteiger partial charge in [-0.3, -0.25) is 19.4 Å². The Hall–Kier alpha value is -4.91. The zero-order valence-electron chi connectivity index (χ0n) is 24.9. The highest BCUT2D eigenvalue weighted by atomic mass is 19.1. The fourth-order valence-corrected chi connectivity index (χ4v) is 4.72. The molecule has 1 N–H and O–H groups in total. The molecule has 3 heterocycles. The number of amides is 1. The standard InChI is InChI=1S/C32H35FN8O/c1-18-9-10-26(14-34)29(30(18)33)21(4)15-35-23(6)22(5)24(7)37-27-16-36-41(17-27)25(8)28-13-20(3)31(39-38-28)40-12-11-19(2)32(40)42/h9-10,13,15-17,19,25,37H,5,7,11-12H2,1-4,6,8H3/b21-15+,35-23?. The van der Waals surface area contributed by atoms with Crippen molar-refractivity contribution in [1.82, 2.24) is 20.0 Å². The quantitative estimate of drug-likeness (QED) is 0.241. The van der Waals surface area contributed by atoms with Crippen molar-refractivity contribution in [3.8, 4) is 6.07 Å². The molecule has 9 nitrogen and oxygen atoms in total. The number of halogens is 1. The fraction of sp³-hybridized carbons (Fsp3) is 0.312. The van der Waals surface area contributed by atoms with Crippen LogP contribution in [0.1, 0.15) is 68.1 Å². The molecule has 2 unspecified atom stereocenters. The summed E-state index contributed by atoms with van der Waals surface area (Å²) in [5.74, 6) is 0.259. The van der Waals surface area contributed by atoms with E-state index in [2.05, 4.69) is 38.8 Å². The lowest BCUT2D eigenvalue weighted by Crippen LogP contribution is -2.28. The summed E-state index contributed by atoms with van der Waals surface area (Å²) < 4.78 is 16.5. The van der Waals surface area contributed by atoms with Crippen molar-refractivity contribution in [2.24, 2.45) is 10.9 Å². The number of carbonyl (C=O) groups excluding carboxylic acids is 1. The average Bonchev–Trinajstić information content (AvgIpc) is 3.57. The lowest BCUT2D eigenvalue weighted by molar-refractivity contribution is -0.119. The van der Waals surface area contributed by atoms with E-state index < -0.39 is 5.82 Å². The minimum absolute atomic E-state index is 0.00194. The third-order valence-corrected chi connectivity index (χ3v) is 7.53. The first-order valence-corrected chi connectivity index (χ1v) is 13.7. The van der Waals surface area contributed by atoms with Crippen LogP contribution in [0.4, 0.5) is 15.9 Å². The summed E-state index contributed by atoms with van der Waals surface area (Å²) in [6, 6.07) is 6.96. The van der Waals surface area contributed by atoms with E-state index in [0.717, 1.165) is 17.7 Å². The number of anilines is 2. The SMILES string of the molecule is C=C(Nc1cnn(C(C)c2cc(C)c(N3CCC(C)C3=O)nn2)c1)C(=C)C(C)=N/C=C(\C)c1c(C#N)ccc(C)c1F. The van der Waals surface area contributed by atoms with Crippen molar-refractivity contribution in [2.45, 2.75) is 54.0 Å². The maximum absolute atomic E-state index is 14.7. The van der Waals surface area contributed by atoms with Gasteiger partial charge in [0, 0.05) is 47.4 Å². The molecule has 0 radical (unpaired) electrons. The molecule has 10 heteroatoms. The van der Waals surface area contributed by atoms with Crippen LogP contribution in [0.15, 0.2) is 66.2 Å². The van der Waals surface area contributed by atoms with Crippen LogP contribution >= 0.6 is 0 Å². The summed E-state index contributed by atoms with van der Waals surface area (Å²) in [6.45, 7) is 19.8. The van der Waals surface area contributed by atoms with Crippen LogP contribution < -0.4 is 10.2 Å². The molecule has 1 aliphatic rings. The van der Waals surface area contributed by atoms with Gasteiger partial charge in [0.25, 0.3) is 0 Å². The Balaban J connectivity index is 1.43. The van der Waals surface area contributed by atoms with Crippen molar-refractivity contribution in [3.05, 3.63) is 95.0 Å². The number of carbonyl (C=O) groups is 1. The maximum atomic E-state index is 14.7. The highest BCUT2D eigenvalue weighted by Gasteiger charge is 2.31. The summed E-state index contributed by atoms with van der Waals surface area (Å²) in [5.41, 5.74) is 5.47. The van der Waals surface area contributed by atoms with Gasteiger partial charge in [0.2, 0.25) is 5.91 Å². The van der Waals surface area contributed by atoms with Crippen LogP contribution in [0.2, 0.25) is 0 Å². The molecule has 216 valence electrons. The lowest BCUT2D eigenvalue weighted by Gasteiger charge is -2.18. The third-order valence-electron chi connectivity index (χ3n) is 7.53. The molecule has 1 aromatic carbocycles. The molecule has 0 bridgehead atoms. The van der Waals surface area contributed by atoms with Crippen molar-refractivity contribution < 1.29 is 9.18 Å². The number of nitriles is 1. The van der Waals surface area contributed by atoms with Crippen LogP contribution in [0.3, 0.4) is 0 Å². The molecule has 1 fully saturated rings. The number of aryl methyl sites for hydroxylation is 2. The zero-order chi connectivity index (χ0) is 30.7. The predicted molar refractivity (Wildman–Crippen MR) is 163 cm³/mol. The van der Waals surface area contributed by atoms with Gasteiger partial charge in [-0.2, -0.15) is 15.5 Å². The summed E-state index contributed by atoms with van der Waals surface area (Å²) in [4.78, 5) is 18.6. The van der Waals surface area contributed by atoms with Gasteiger partial charge in [-0.1, -0.05) is 26.1 Å². The molecule has 3 aromatic rings. The first-order valence-electron chi connectivity index (χ1n) is 13.7. The molecule has 0 spiro atoms. The number of benzene rings is 1. The van der Waals surface area contributed by atoms with Gasteiger partial charge in [-0.05, 0) is 69.9 Å². The second kappa shape index (κ2) is 12.3. The molecule has 0 aliphatic carbocycles. The topological polar surface area (TPSA) is 112 Å². The number of allylic oxidation sites excluding steroid dienone is 2. The van der Waals surface area contributed by atoms with Crippen LogP contribution in [-0.2, 0) is 4.79 Å². The summed E-state index contributed by atoms with van der Waals surface area (Å²) >= 11 is 0. The van der Waals surface area contributed by atoms with E-state index in [0.29, 0.717) is 46.2 Å². The zero-order valence-corrected chi connectivity index (χ0v) is 24.9. The van der Waals surface area contributed by atoms with Gasteiger partial charge < -0.3 is 5.32 Å². The number of hydrogen-bond donors (Lipinski definition) is 1. The Kier molecular flexibility index (Phi) is 8.81. The third kappa shape index (κ3) is 6.05. The van der Waals surface area contributed by atoms with E-state index in [9.17, 15) is 14.4 Å². The van der Waals surface area contributed by atoms with Crippen LogP contribution in [0.5, 0.6) is 0 Å². The number of aromatic nitrogens is 4. The van der Waals surface area contributed by atoms with Crippen LogP contribution in [0.25, 0.3) is 5.57 Å². The first-order chi connectivity index (χ1) is 19.9. The van der Waals surface area contributed by atoms with Gasteiger partial charge in [0.05, 0.1) is 35.3 Å². The highest BCUT2D eigenvalue weighted by Crippen LogP contribution is 2.28. The Labute approximate surface area is 245 Å². The number of hydrogen-bond acceptors (Lipinski definition) is 7. The van der Waals surface area contributed by atoms with Gasteiger partial charge in [0.15, 0.2) is 5.82 Å². The molecule has 4 rings (SSSR count). The summed E-state index contributed by atoms with van der Waals surface area (Å²) in [5, 5.41) is 25.9. The van der Waals surface area contributed by atoms with E-state index >= 15 is 0 Å². The number of nitrogens with one attached hydrogen (secondary N) is 1. The van der Waals surface area contributed by atoms with Gasteiger partial charge in [0.1, 0.15) is 5.82 Å². The second-order valence-corrected chi connectivity index (χ2v) is 10.7. The molecule has 1 amide bonds. The average molecular weight is 567 g/mol. The first kappa shape index (κ1) is 30.1. The molecule has 2 aromatic heterocycles. The second-order valence-electron chi connectivity index (χ2n) is 10.7. The van der Waals surface area contributed by atoms with Gasteiger partial charge in [-0.15, -0.1) is 5.10 Å². The molecule has 1 aliphatic heterocycles. The van der Waals surface area contributed by atoms with Crippen molar-refractivity contribution in [2.75, 3.05) is 16.8 Å². The predicted octanol–water partition coefficient (Wildman–Crippen LogP) is 6.29. The smallest absolute Gasteiger partial charge is 0.231 e. The molecule has 1 saturated heterocycles. The number of aliphatic imine (C=N–C) groups is 1. The van der Waals surface area contributed by atoms with Crippen molar-refractivity contribution >= 4 is 28.7 Å². The lowest BCUT2D eigenvalue weighted by atomic mass is 9.99. The Bertz CT molecular complexity index is 1680. The van der Waals surface area contributed by atoms with Crippen molar-refractivity contribution in [3.63, 3.8) is 0 Å². The monoisotopic (exact) mass is 566 g/mol.